The lowest BCUT2D eigenvalue weighted by Crippen LogP contribution is -2.34. The van der Waals surface area contributed by atoms with E-state index in [0.29, 0.717) is 0 Å². The fourth-order valence-corrected chi connectivity index (χ4v) is 1.25. The number of hydrogen-bond acceptors (Lipinski definition) is 4. The quantitative estimate of drug-likeness (QED) is 0.790. The maximum absolute atomic E-state index is 13.2. The van der Waals surface area contributed by atoms with Gasteiger partial charge in [-0.3, -0.25) is 4.79 Å². The van der Waals surface area contributed by atoms with Crippen LogP contribution in [0.3, 0.4) is 0 Å². The zero-order valence-electron chi connectivity index (χ0n) is 10.8. The lowest BCUT2D eigenvalue weighted by atomic mass is 10.3. The number of halogens is 1. The molecule has 104 valence electrons. The van der Waals surface area contributed by atoms with E-state index in [1.165, 1.54) is 18.2 Å². The van der Waals surface area contributed by atoms with E-state index >= 15 is 0 Å². The van der Waals surface area contributed by atoms with Gasteiger partial charge in [0.25, 0.3) is 5.91 Å². The number of hydrogen-bond donors (Lipinski definition) is 1. The van der Waals surface area contributed by atoms with Crippen molar-refractivity contribution < 1.29 is 23.5 Å². The second-order valence-electron chi connectivity index (χ2n) is 4.10. The average Bonchev–Trinajstić information content (AvgIpc) is 2.34. The number of carbonyl (C=O) groups excluding carboxylic acids is 2. The van der Waals surface area contributed by atoms with Crippen LogP contribution in [0.5, 0.6) is 5.75 Å². The van der Waals surface area contributed by atoms with Crippen LogP contribution < -0.4 is 10.1 Å². The summed E-state index contributed by atoms with van der Waals surface area (Å²) in [5, 5.41) is 2.56. The Morgan fingerprint density at radius 3 is 2.58 bits per heavy atom. The summed E-state index contributed by atoms with van der Waals surface area (Å²) in [6.07, 6.45) is 0. The van der Waals surface area contributed by atoms with E-state index in [1.54, 1.807) is 19.9 Å². The number of nitrogens with one attached hydrogen (secondary N) is 1. The molecule has 6 heteroatoms. The van der Waals surface area contributed by atoms with Crippen molar-refractivity contribution in [2.75, 3.05) is 13.2 Å². The summed E-state index contributed by atoms with van der Waals surface area (Å²) in [7, 11) is 0. The maximum Gasteiger partial charge on any atom is 0.344 e. The van der Waals surface area contributed by atoms with Gasteiger partial charge in [-0.1, -0.05) is 12.1 Å². The molecule has 0 heterocycles. The minimum Gasteiger partial charge on any atom is -0.479 e. The van der Waals surface area contributed by atoms with E-state index in [0.717, 1.165) is 0 Å². The first-order valence-electron chi connectivity index (χ1n) is 5.81. The van der Waals surface area contributed by atoms with E-state index in [4.69, 9.17) is 4.74 Å². The Bertz CT molecular complexity index is 448. The minimum absolute atomic E-state index is 0.0270. The topological polar surface area (TPSA) is 64.6 Å². The molecule has 0 radical (unpaired) electrons. The Morgan fingerprint density at radius 1 is 1.26 bits per heavy atom. The molecule has 0 atom stereocenters. The van der Waals surface area contributed by atoms with Crippen molar-refractivity contribution in [1.82, 2.24) is 5.32 Å². The van der Waals surface area contributed by atoms with Crippen LogP contribution >= 0.6 is 0 Å². The minimum atomic E-state index is -0.734. The molecule has 1 rings (SSSR count). The van der Waals surface area contributed by atoms with Gasteiger partial charge in [-0.25, -0.2) is 9.18 Å². The molecule has 0 aliphatic rings. The van der Waals surface area contributed by atoms with E-state index in [2.05, 4.69) is 10.1 Å². The average molecular weight is 269 g/mol. The number of carbonyl (C=O) groups is 2. The molecule has 5 nitrogen and oxygen atoms in total. The van der Waals surface area contributed by atoms with Crippen molar-refractivity contribution in [3.8, 4) is 5.75 Å². The fraction of sp³-hybridized carbons (Fsp3) is 0.385. The fourth-order valence-electron chi connectivity index (χ4n) is 1.25. The summed E-state index contributed by atoms with van der Waals surface area (Å²) in [5.74, 6) is -1.73. The van der Waals surface area contributed by atoms with E-state index in [9.17, 15) is 14.0 Å². The summed E-state index contributed by atoms with van der Waals surface area (Å²) >= 11 is 0. The van der Waals surface area contributed by atoms with Crippen LogP contribution in [0.4, 0.5) is 4.39 Å². The molecule has 1 amide bonds. The molecule has 0 aromatic heterocycles. The highest BCUT2D eigenvalue weighted by Crippen LogP contribution is 2.14. The van der Waals surface area contributed by atoms with Crippen LogP contribution in [-0.4, -0.2) is 31.1 Å². The predicted octanol–water partition coefficient (Wildman–Crippen LogP) is 1.27. The van der Waals surface area contributed by atoms with E-state index in [1.807, 2.05) is 0 Å². The lowest BCUT2D eigenvalue weighted by molar-refractivity contribution is -0.150. The Hall–Kier alpha value is -2.11. The highest BCUT2D eigenvalue weighted by Gasteiger charge is 2.10. The molecule has 1 aromatic carbocycles. The molecule has 0 unspecified atom stereocenters. The van der Waals surface area contributed by atoms with Gasteiger partial charge in [0.05, 0.1) is 0 Å². The van der Waals surface area contributed by atoms with Gasteiger partial charge in [0.15, 0.2) is 24.8 Å². The summed E-state index contributed by atoms with van der Waals surface area (Å²) in [4.78, 5) is 22.5. The first kappa shape index (κ1) is 14.9. The number of rotatable bonds is 6. The SMILES string of the molecule is CC(C)NC(=O)COC(=O)COc1ccccc1F. The van der Waals surface area contributed by atoms with Crippen LogP contribution in [0.15, 0.2) is 24.3 Å². The molecule has 0 saturated heterocycles. The highest BCUT2D eigenvalue weighted by atomic mass is 19.1. The van der Waals surface area contributed by atoms with Crippen molar-refractivity contribution in [2.45, 2.75) is 19.9 Å². The van der Waals surface area contributed by atoms with Crippen LogP contribution in [-0.2, 0) is 14.3 Å². The summed E-state index contributed by atoms with van der Waals surface area (Å²) in [5.41, 5.74) is 0. The van der Waals surface area contributed by atoms with Gasteiger partial charge in [-0.15, -0.1) is 0 Å². The van der Waals surface area contributed by atoms with E-state index in [-0.39, 0.29) is 18.4 Å². The maximum atomic E-state index is 13.2. The largest absolute Gasteiger partial charge is 0.479 e. The smallest absolute Gasteiger partial charge is 0.344 e. The van der Waals surface area contributed by atoms with Gasteiger partial charge in [-0.2, -0.15) is 0 Å². The van der Waals surface area contributed by atoms with Crippen LogP contribution in [0.1, 0.15) is 13.8 Å². The van der Waals surface area contributed by atoms with Crippen molar-refractivity contribution in [1.29, 1.82) is 0 Å². The highest BCUT2D eigenvalue weighted by molar-refractivity contribution is 5.81. The third-order valence-corrected chi connectivity index (χ3v) is 2.00. The van der Waals surface area contributed by atoms with Gasteiger partial charge in [0.2, 0.25) is 0 Å². The van der Waals surface area contributed by atoms with Crippen LogP contribution in [0, 0.1) is 5.82 Å². The number of amides is 1. The summed E-state index contributed by atoms with van der Waals surface area (Å²) < 4.78 is 22.8. The van der Waals surface area contributed by atoms with Crippen molar-refractivity contribution in [3.05, 3.63) is 30.1 Å². The molecular weight excluding hydrogens is 253 g/mol. The molecule has 1 aromatic rings. The zero-order chi connectivity index (χ0) is 14.3. The molecule has 0 aliphatic heterocycles. The molecule has 1 N–H and O–H groups in total. The second-order valence-corrected chi connectivity index (χ2v) is 4.10. The molecule has 0 aliphatic carbocycles. The zero-order valence-corrected chi connectivity index (χ0v) is 10.8. The Kier molecular flexibility index (Phi) is 5.78. The third-order valence-electron chi connectivity index (χ3n) is 2.00. The van der Waals surface area contributed by atoms with Crippen molar-refractivity contribution in [3.63, 3.8) is 0 Å². The van der Waals surface area contributed by atoms with Crippen LogP contribution in [0.2, 0.25) is 0 Å². The first-order chi connectivity index (χ1) is 8.99. The predicted molar refractivity (Wildman–Crippen MR) is 66.1 cm³/mol. The van der Waals surface area contributed by atoms with E-state index < -0.39 is 24.3 Å². The van der Waals surface area contributed by atoms with Crippen molar-refractivity contribution >= 4 is 11.9 Å². The summed E-state index contributed by atoms with van der Waals surface area (Å²) in [6, 6.07) is 5.68. The van der Waals surface area contributed by atoms with Gasteiger partial charge in [0.1, 0.15) is 0 Å². The Labute approximate surface area is 110 Å². The summed E-state index contributed by atoms with van der Waals surface area (Å²) in [6.45, 7) is 2.76. The number of esters is 1. The molecular formula is C13H16FNO4. The Morgan fingerprint density at radius 2 is 1.95 bits per heavy atom. The third kappa shape index (κ3) is 5.85. The van der Waals surface area contributed by atoms with Gasteiger partial charge in [-0.05, 0) is 26.0 Å². The second kappa shape index (κ2) is 7.35. The normalized spacial score (nSPS) is 10.1. The number of ether oxygens (including phenoxy) is 2. The molecule has 0 saturated carbocycles. The van der Waals surface area contributed by atoms with Crippen LogP contribution in [0.25, 0.3) is 0 Å². The Balaban J connectivity index is 2.29. The van der Waals surface area contributed by atoms with Gasteiger partial charge < -0.3 is 14.8 Å². The van der Waals surface area contributed by atoms with Gasteiger partial charge in [0, 0.05) is 6.04 Å². The first-order valence-corrected chi connectivity index (χ1v) is 5.81. The molecule has 0 spiro atoms. The van der Waals surface area contributed by atoms with Gasteiger partial charge >= 0.3 is 5.97 Å². The standard InChI is InChI=1S/C13H16FNO4/c1-9(2)15-12(16)7-19-13(17)8-18-11-6-4-3-5-10(11)14/h3-6,9H,7-8H2,1-2H3,(H,15,16). The van der Waals surface area contributed by atoms with Crippen molar-refractivity contribution in [2.24, 2.45) is 0 Å². The number of benzene rings is 1. The monoisotopic (exact) mass is 269 g/mol. The molecule has 19 heavy (non-hydrogen) atoms. The lowest BCUT2D eigenvalue weighted by Gasteiger charge is -2.09. The number of para-hydroxylation sites is 1. The molecule has 0 bridgehead atoms. The molecule has 0 fully saturated rings.